The summed E-state index contributed by atoms with van der Waals surface area (Å²) >= 11 is 0. The molecule has 1 aromatic carbocycles. The summed E-state index contributed by atoms with van der Waals surface area (Å²) in [6.07, 6.45) is 5.03. The number of epoxide rings is 1. The Labute approximate surface area is 65.3 Å². The number of rotatable bonds is 0. The molecule has 3 rings (SSSR count). The van der Waals surface area contributed by atoms with Crippen molar-refractivity contribution in [3.05, 3.63) is 41.5 Å². The highest BCUT2D eigenvalue weighted by Gasteiger charge is 2.40. The molecular formula is C10H8O. The average molecular weight is 144 g/mol. The molecule has 0 aromatic heterocycles. The van der Waals surface area contributed by atoms with Crippen molar-refractivity contribution in [2.75, 3.05) is 0 Å². The van der Waals surface area contributed by atoms with Crippen molar-refractivity contribution in [3.63, 3.8) is 0 Å². The Morgan fingerprint density at radius 2 is 2.09 bits per heavy atom. The first kappa shape index (κ1) is 5.56. The van der Waals surface area contributed by atoms with Gasteiger partial charge < -0.3 is 4.74 Å². The molecule has 1 aliphatic carbocycles. The second-order valence-electron chi connectivity index (χ2n) is 3.01. The molecule has 1 heterocycles. The third-order valence-electron chi connectivity index (χ3n) is 2.29. The van der Waals surface area contributed by atoms with E-state index in [0.29, 0.717) is 12.2 Å². The largest absolute Gasteiger partial charge is 0.360 e. The molecule has 0 spiro atoms. The number of hydrogen-bond donors (Lipinski definition) is 0. The fourth-order valence-electron chi connectivity index (χ4n) is 1.64. The number of ether oxygens (including phenoxy) is 1. The lowest BCUT2D eigenvalue weighted by atomic mass is 9.98. The van der Waals surface area contributed by atoms with E-state index >= 15 is 0 Å². The molecule has 0 bridgehead atoms. The lowest BCUT2D eigenvalue weighted by Gasteiger charge is -2.04. The van der Waals surface area contributed by atoms with Crippen LogP contribution in [-0.2, 0) is 4.74 Å². The Morgan fingerprint density at radius 3 is 3.09 bits per heavy atom. The smallest absolute Gasteiger partial charge is 0.114 e. The molecule has 1 aromatic rings. The molecule has 1 fully saturated rings. The van der Waals surface area contributed by atoms with Crippen LogP contribution in [0.3, 0.4) is 0 Å². The standard InChI is InChI=1S/C10H8O/c1-2-4-8-7(3-1)5-6-9-10(8)11-9/h1-6,9-10H/t9-,10+/m0/s1. The Kier molecular flexibility index (Phi) is 0.880. The van der Waals surface area contributed by atoms with E-state index in [4.69, 9.17) is 4.74 Å². The predicted octanol–water partition coefficient (Wildman–Crippen LogP) is 2.15. The molecule has 2 atom stereocenters. The highest BCUT2D eigenvalue weighted by atomic mass is 16.6. The Bertz CT molecular complexity index is 327. The van der Waals surface area contributed by atoms with Crippen molar-refractivity contribution in [2.24, 2.45) is 0 Å². The van der Waals surface area contributed by atoms with Gasteiger partial charge in [0.25, 0.3) is 0 Å². The molecule has 0 radical (unpaired) electrons. The van der Waals surface area contributed by atoms with Gasteiger partial charge in [0.15, 0.2) is 0 Å². The third-order valence-corrected chi connectivity index (χ3v) is 2.29. The summed E-state index contributed by atoms with van der Waals surface area (Å²) in [4.78, 5) is 0. The van der Waals surface area contributed by atoms with Crippen LogP contribution >= 0.6 is 0 Å². The topological polar surface area (TPSA) is 12.5 Å². The van der Waals surface area contributed by atoms with Gasteiger partial charge in [0, 0.05) is 0 Å². The van der Waals surface area contributed by atoms with Gasteiger partial charge in [-0.25, -0.2) is 0 Å². The van der Waals surface area contributed by atoms with Crippen molar-refractivity contribution in [1.82, 2.24) is 0 Å². The summed E-state index contributed by atoms with van der Waals surface area (Å²) in [5.41, 5.74) is 2.66. The van der Waals surface area contributed by atoms with E-state index in [-0.39, 0.29) is 0 Å². The van der Waals surface area contributed by atoms with E-state index in [1.54, 1.807) is 0 Å². The first-order chi connectivity index (χ1) is 5.45. The Morgan fingerprint density at radius 1 is 1.18 bits per heavy atom. The zero-order chi connectivity index (χ0) is 7.26. The SMILES string of the molecule is C1=C[C@@H]2O[C@@H]2c2ccccc21. The van der Waals surface area contributed by atoms with Crippen molar-refractivity contribution in [1.29, 1.82) is 0 Å². The first-order valence-electron chi connectivity index (χ1n) is 3.88. The van der Waals surface area contributed by atoms with E-state index in [1.165, 1.54) is 11.1 Å². The van der Waals surface area contributed by atoms with Crippen molar-refractivity contribution in [2.45, 2.75) is 12.2 Å². The summed E-state index contributed by atoms with van der Waals surface area (Å²) in [5, 5.41) is 0. The van der Waals surface area contributed by atoms with Crippen LogP contribution < -0.4 is 0 Å². The zero-order valence-corrected chi connectivity index (χ0v) is 6.03. The molecule has 2 aliphatic rings. The summed E-state index contributed by atoms with van der Waals surface area (Å²) in [5.74, 6) is 0. The molecule has 1 aliphatic heterocycles. The number of benzene rings is 1. The lowest BCUT2D eigenvalue weighted by Crippen LogP contribution is -1.93. The van der Waals surface area contributed by atoms with Gasteiger partial charge in [-0.15, -0.1) is 0 Å². The zero-order valence-electron chi connectivity index (χ0n) is 6.03. The third kappa shape index (κ3) is 0.688. The van der Waals surface area contributed by atoms with Crippen LogP contribution in [0.4, 0.5) is 0 Å². The molecule has 0 N–H and O–H groups in total. The quantitative estimate of drug-likeness (QED) is 0.508. The van der Waals surface area contributed by atoms with Gasteiger partial charge in [-0.1, -0.05) is 36.4 Å². The maximum atomic E-state index is 5.42. The van der Waals surface area contributed by atoms with Gasteiger partial charge in [-0.3, -0.25) is 0 Å². The fraction of sp³-hybridized carbons (Fsp3) is 0.200. The van der Waals surface area contributed by atoms with Gasteiger partial charge in [0.2, 0.25) is 0 Å². The Hall–Kier alpha value is -1.08. The van der Waals surface area contributed by atoms with Crippen molar-refractivity contribution >= 4 is 6.08 Å². The minimum absolute atomic E-state index is 0.371. The van der Waals surface area contributed by atoms with Gasteiger partial charge >= 0.3 is 0 Å². The van der Waals surface area contributed by atoms with Crippen LogP contribution in [0.25, 0.3) is 6.08 Å². The number of fused-ring (bicyclic) bond motifs is 3. The van der Waals surface area contributed by atoms with E-state index in [2.05, 4.69) is 36.4 Å². The fourth-order valence-corrected chi connectivity index (χ4v) is 1.64. The summed E-state index contributed by atoms with van der Waals surface area (Å²) in [6, 6.07) is 8.40. The summed E-state index contributed by atoms with van der Waals surface area (Å²) in [6.45, 7) is 0. The molecule has 0 saturated carbocycles. The molecule has 54 valence electrons. The highest BCUT2D eigenvalue weighted by molar-refractivity contribution is 5.60. The van der Waals surface area contributed by atoms with Gasteiger partial charge in [0.1, 0.15) is 12.2 Å². The van der Waals surface area contributed by atoms with Crippen molar-refractivity contribution < 1.29 is 4.74 Å². The normalized spacial score (nSPS) is 30.9. The van der Waals surface area contributed by atoms with Crippen LogP contribution in [0.15, 0.2) is 30.3 Å². The monoisotopic (exact) mass is 144 g/mol. The van der Waals surface area contributed by atoms with Gasteiger partial charge in [-0.2, -0.15) is 0 Å². The highest BCUT2D eigenvalue weighted by Crippen LogP contribution is 2.44. The maximum Gasteiger partial charge on any atom is 0.114 e. The molecule has 1 heteroatoms. The predicted molar refractivity (Wildman–Crippen MR) is 43.1 cm³/mol. The second-order valence-corrected chi connectivity index (χ2v) is 3.01. The van der Waals surface area contributed by atoms with Gasteiger partial charge in [-0.05, 0) is 11.1 Å². The van der Waals surface area contributed by atoms with E-state index in [9.17, 15) is 0 Å². The van der Waals surface area contributed by atoms with Crippen LogP contribution in [0.1, 0.15) is 17.2 Å². The summed E-state index contributed by atoms with van der Waals surface area (Å²) in [7, 11) is 0. The molecule has 1 nitrogen and oxygen atoms in total. The first-order valence-corrected chi connectivity index (χ1v) is 3.88. The molecule has 11 heavy (non-hydrogen) atoms. The van der Waals surface area contributed by atoms with Gasteiger partial charge in [0.05, 0.1) is 0 Å². The number of hydrogen-bond acceptors (Lipinski definition) is 1. The molecular weight excluding hydrogens is 136 g/mol. The van der Waals surface area contributed by atoms with Crippen LogP contribution in [0.2, 0.25) is 0 Å². The van der Waals surface area contributed by atoms with Crippen molar-refractivity contribution in [3.8, 4) is 0 Å². The van der Waals surface area contributed by atoms with Crippen LogP contribution in [0.5, 0.6) is 0 Å². The average Bonchev–Trinajstić information content (AvgIpc) is 2.83. The van der Waals surface area contributed by atoms with E-state index in [1.807, 2.05) is 0 Å². The minimum Gasteiger partial charge on any atom is -0.360 e. The van der Waals surface area contributed by atoms with Crippen LogP contribution in [-0.4, -0.2) is 6.10 Å². The minimum atomic E-state index is 0.371. The second kappa shape index (κ2) is 1.74. The van der Waals surface area contributed by atoms with Crippen LogP contribution in [0, 0.1) is 0 Å². The molecule has 0 amide bonds. The maximum absolute atomic E-state index is 5.42. The summed E-state index contributed by atoms with van der Waals surface area (Å²) < 4.78 is 5.42. The molecule has 0 unspecified atom stereocenters. The van der Waals surface area contributed by atoms with E-state index in [0.717, 1.165) is 0 Å². The Balaban J connectivity index is 2.24. The molecule has 1 saturated heterocycles. The van der Waals surface area contributed by atoms with E-state index < -0.39 is 0 Å². The lowest BCUT2D eigenvalue weighted by molar-refractivity contribution is 0.395.